The quantitative estimate of drug-likeness (QED) is 0.666. The molecule has 2 aliphatic carbocycles. The van der Waals surface area contributed by atoms with E-state index in [1.54, 1.807) is 11.8 Å². The maximum absolute atomic E-state index is 15.7. The maximum atomic E-state index is 15.7. The smallest absolute Gasteiger partial charge is 0.339 e. The molecule has 2 heterocycles. The van der Waals surface area contributed by atoms with Crippen LogP contribution in [0.3, 0.4) is 0 Å². The minimum absolute atomic E-state index is 0.0933. The molecule has 0 aromatic heterocycles. The van der Waals surface area contributed by atoms with Crippen molar-refractivity contribution in [1.29, 1.82) is 0 Å². The second kappa shape index (κ2) is 8.20. The third kappa shape index (κ3) is 4.21. The predicted octanol–water partition coefficient (Wildman–Crippen LogP) is 3.42. The van der Waals surface area contributed by atoms with Gasteiger partial charge in [0.2, 0.25) is 5.91 Å². The fourth-order valence-corrected chi connectivity index (χ4v) is 6.35. The normalized spacial score (nSPS) is 40.5. The number of nitrogens with zero attached hydrogens (tertiary/aromatic N) is 2. The van der Waals surface area contributed by atoms with Gasteiger partial charge in [0.25, 0.3) is 0 Å². The number of alkyl halides is 4. The summed E-state index contributed by atoms with van der Waals surface area (Å²) in [4.78, 5) is 16.7. The first-order valence-electron chi connectivity index (χ1n) is 11.3. The molecule has 2 saturated heterocycles. The second-order valence-electron chi connectivity index (χ2n) is 10.1. The summed E-state index contributed by atoms with van der Waals surface area (Å²) in [6, 6.07) is -0.141. The monoisotopic (exact) mass is 434 g/mol. The van der Waals surface area contributed by atoms with Gasteiger partial charge in [0, 0.05) is 24.9 Å². The van der Waals surface area contributed by atoms with Crippen molar-refractivity contribution in [2.45, 2.75) is 82.3 Å². The first-order chi connectivity index (χ1) is 14.1. The average molecular weight is 435 g/mol. The number of carbonyl (C=O) groups is 1. The van der Waals surface area contributed by atoms with Crippen molar-refractivity contribution >= 4 is 5.91 Å². The molecule has 0 radical (unpaired) electrons. The maximum Gasteiger partial charge on any atom is 0.392 e. The Morgan fingerprint density at radius 2 is 1.83 bits per heavy atom. The van der Waals surface area contributed by atoms with Crippen LogP contribution in [0.25, 0.3) is 0 Å². The van der Waals surface area contributed by atoms with Gasteiger partial charge in [-0.2, -0.15) is 13.2 Å². The summed E-state index contributed by atoms with van der Waals surface area (Å²) in [6.07, 6.45) is -0.00909. The van der Waals surface area contributed by atoms with E-state index in [0.29, 0.717) is 32.4 Å². The largest absolute Gasteiger partial charge is 0.392 e. The standard InChI is InChI=1S/C21H34F4N4O/c1-20(22,10-18-27-26-12-28(18)2)13-5-3-6-14(9-13)29-11-16-15(19(29)30)7-4-8-17(16)21(23,24)25/h13-18,26-27H,3-12H2,1-2H3/t13?,14?,15?,16?,17?,18?,20-/m1/s1. The highest BCUT2D eigenvalue weighted by atomic mass is 19.4. The molecular formula is C21H34F4N4O. The van der Waals surface area contributed by atoms with Crippen molar-refractivity contribution in [3.8, 4) is 0 Å². The van der Waals surface area contributed by atoms with Crippen molar-refractivity contribution in [1.82, 2.24) is 20.7 Å². The Morgan fingerprint density at radius 3 is 2.50 bits per heavy atom. The number of hydrogen-bond acceptors (Lipinski definition) is 4. The number of hydrogen-bond donors (Lipinski definition) is 2. The van der Waals surface area contributed by atoms with E-state index in [4.69, 9.17) is 0 Å². The molecule has 6 unspecified atom stereocenters. The van der Waals surface area contributed by atoms with Crippen LogP contribution in [-0.2, 0) is 4.79 Å². The van der Waals surface area contributed by atoms with Crippen molar-refractivity contribution < 1.29 is 22.4 Å². The first-order valence-corrected chi connectivity index (χ1v) is 11.3. The molecule has 2 aliphatic heterocycles. The lowest BCUT2D eigenvalue weighted by atomic mass is 9.73. The third-order valence-electron chi connectivity index (χ3n) is 8.15. The van der Waals surface area contributed by atoms with E-state index in [0.717, 1.165) is 19.3 Å². The number of rotatable bonds is 4. The number of nitrogens with one attached hydrogen (secondary N) is 2. The van der Waals surface area contributed by atoms with Gasteiger partial charge in [0.05, 0.1) is 18.8 Å². The zero-order valence-electron chi connectivity index (χ0n) is 17.8. The summed E-state index contributed by atoms with van der Waals surface area (Å²) >= 11 is 0. The number of amides is 1. The molecule has 2 saturated carbocycles. The minimum Gasteiger partial charge on any atom is -0.339 e. The van der Waals surface area contributed by atoms with Crippen LogP contribution >= 0.6 is 0 Å². The summed E-state index contributed by atoms with van der Waals surface area (Å²) in [7, 11) is 1.93. The molecule has 0 aromatic carbocycles. The molecule has 4 aliphatic rings. The van der Waals surface area contributed by atoms with Gasteiger partial charge in [-0.3, -0.25) is 9.69 Å². The average Bonchev–Trinajstić information content (AvgIpc) is 3.24. The third-order valence-corrected chi connectivity index (χ3v) is 8.15. The lowest BCUT2D eigenvalue weighted by molar-refractivity contribution is -0.198. The predicted molar refractivity (Wildman–Crippen MR) is 105 cm³/mol. The van der Waals surface area contributed by atoms with Crippen LogP contribution < -0.4 is 10.9 Å². The number of carbonyl (C=O) groups excluding carboxylic acids is 1. The van der Waals surface area contributed by atoms with Gasteiger partial charge in [-0.15, -0.1) is 0 Å². The van der Waals surface area contributed by atoms with Crippen LogP contribution in [0.5, 0.6) is 0 Å². The Balaban J connectivity index is 1.43. The lowest BCUT2D eigenvalue weighted by Crippen LogP contribution is -2.48. The number of likely N-dealkylation sites (tertiary alicyclic amines) is 1. The van der Waals surface area contributed by atoms with Crippen molar-refractivity contribution in [2.24, 2.45) is 23.7 Å². The Hall–Kier alpha value is -0.930. The van der Waals surface area contributed by atoms with E-state index in [2.05, 4.69) is 10.9 Å². The SMILES string of the molecule is CN1CNNC1C[C@@](C)(F)C1CCCC(N2CC3C(CCCC3C(F)(F)F)C2=O)C1. The number of fused-ring (bicyclic) bond motifs is 1. The van der Waals surface area contributed by atoms with Gasteiger partial charge in [0.15, 0.2) is 0 Å². The zero-order valence-corrected chi connectivity index (χ0v) is 17.8. The Kier molecular flexibility index (Phi) is 6.09. The Morgan fingerprint density at radius 1 is 1.10 bits per heavy atom. The molecule has 0 spiro atoms. The molecule has 7 atom stereocenters. The summed E-state index contributed by atoms with van der Waals surface area (Å²) in [5.74, 6) is -2.84. The van der Waals surface area contributed by atoms with Crippen LogP contribution in [0.1, 0.15) is 58.3 Å². The van der Waals surface area contributed by atoms with E-state index in [1.807, 2.05) is 11.9 Å². The first kappa shape index (κ1) is 22.3. The number of hydrazine groups is 1. The van der Waals surface area contributed by atoms with Crippen LogP contribution in [0.15, 0.2) is 0 Å². The molecule has 172 valence electrons. The molecule has 9 heteroatoms. The fourth-order valence-electron chi connectivity index (χ4n) is 6.35. The van der Waals surface area contributed by atoms with Gasteiger partial charge in [-0.05, 0) is 57.9 Å². The Bertz CT molecular complexity index is 643. The van der Waals surface area contributed by atoms with Crippen LogP contribution in [-0.4, -0.2) is 60.0 Å². The van der Waals surface area contributed by atoms with Gasteiger partial charge in [-0.1, -0.05) is 12.8 Å². The highest BCUT2D eigenvalue weighted by Gasteiger charge is 2.56. The van der Waals surface area contributed by atoms with Crippen LogP contribution in [0.2, 0.25) is 0 Å². The van der Waals surface area contributed by atoms with Gasteiger partial charge < -0.3 is 4.90 Å². The minimum atomic E-state index is -4.25. The molecule has 30 heavy (non-hydrogen) atoms. The molecule has 4 fully saturated rings. The van der Waals surface area contributed by atoms with Gasteiger partial charge >= 0.3 is 6.18 Å². The van der Waals surface area contributed by atoms with E-state index < -0.39 is 29.6 Å². The summed E-state index contributed by atoms with van der Waals surface area (Å²) < 4.78 is 56.3. The highest BCUT2D eigenvalue weighted by molar-refractivity contribution is 5.82. The van der Waals surface area contributed by atoms with Crippen LogP contribution in [0, 0.1) is 23.7 Å². The second-order valence-corrected chi connectivity index (χ2v) is 10.1. The molecule has 2 N–H and O–H groups in total. The van der Waals surface area contributed by atoms with E-state index in [9.17, 15) is 18.0 Å². The topological polar surface area (TPSA) is 47.6 Å². The molecule has 1 amide bonds. The van der Waals surface area contributed by atoms with Crippen LogP contribution in [0.4, 0.5) is 17.6 Å². The highest BCUT2D eigenvalue weighted by Crippen LogP contribution is 2.49. The molecule has 0 aromatic rings. The van der Waals surface area contributed by atoms with Gasteiger partial charge in [-0.25, -0.2) is 15.2 Å². The summed E-state index contributed by atoms with van der Waals surface area (Å²) in [5, 5.41) is 0. The number of halogens is 4. The Labute approximate surface area is 175 Å². The fraction of sp³-hybridized carbons (Fsp3) is 0.952. The van der Waals surface area contributed by atoms with Crippen molar-refractivity contribution in [3.05, 3.63) is 0 Å². The molecule has 4 rings (SSSR count). The molecular weight excluding hydrogens is 400 g/mol. The zero-order chi connectivity index (χ0) is 21.7. The summed E-state index contributed by atoms with van der Waals surface area (Å²) in [6.45, 7) is 2.48. The van der Waals surface area contributed by atoms with Gasteiger partial charge in [0.1, 0.15) is 5.67 Å². The van der Waals surface area contributed by atoms with E-state index >= 15 is 4.39 Å². The van der Waals surface area contributed by atoms with E-state index in [-0.39, 0.29) is 37.0 Å². The molecule has 0 bridgehead atoms. The molecule has 5 nitrogen and oxygen atoms in total. The van der Waals surface area contributed by atoms with Crippen molar-refractivity contribution in [3.63, 3.8) is 0 Å². The summed E-state index contributed by atoms with van der Waals surface area (Å²) in [5.41, 5.74) is 4.71. The van der Waals surface area contributed by atoms with Crippen molar-refractivity contribution in [2.75, 3.05) is 20.3 Å². The lowest BCUT2D eigenvalue weighted by Gasteiger charge is -2.41. The van der Waals surface area contributed by atoms with E-state index in [1.165, 1.54) is 0 Å².